The molecule has 21 heavy (non-hydrogen) atoms. The lowest BCUT2D eigenvalue weighted by Gasteiger charge is -2.21. The fourth-order valence-electron chi connectivity index (χ4n) is 2.73. The smallest absolute Gasteiger partial charge is 0.253 e. The largest absolute Gasteiger partial charge is 0.371 e. The number of amides is 1. The van der Waals surface area contributed by atoms with E-state index in [1.165, 1.54) is 12.8 Å². The fourth-order valence-corrected chi connectivity index (χ4v) is 2.73. The van der Waals surface area contributed by atoms with Crippen LogP contribution in [0, 0.1) is 6.92 Å². The van der Waals surface area contributed by atoms with Crippen molar-refractivity contribution in [3.8, 4) is 0 Å². The summed E-state index contributed by atoms with van der Waals surface area (Å²) >= 11 is 0. The molecule has 0 bridgehead atoms. The Morgan fingerprint density at radius 1 is 1.19 bits per heavy atom. The average Bonchev–Trinajstić information content (AvgIpc) is 3.01. The van der Waals surface area contributed by atoms with Crippen LogP contribution in [0.1, 0.15) is 42.1 Å². The number of carbonyl (C=O) groups excluding carboxylic acids is 1. The zero-order valence-corrected chi connectivity index (χ0v) is 13.2. The van der Waals surface area contributed by atoms with Gasteiger partial charge in [-0.15, -0.1) is 0 Å². The number of benzene rings is 1. The first-order chi connectivity index (χ1) is 10.2. The van der Waals surface area contributed by atoms with Crippen LogP contribution in [0.2, 0.25) is 0 Å². The molecule has 4 heteroatoms. The van der Waals surface area contributed by atoms with Gasteiger partial charge < -0.3 is 15.5 Å². The van der Waals surface area contributed by atoms with Gasteiger partial charge in [0.1, 0.15) is 0 Å². The minimum absolute atomic E-state index is 0.0406. The minimum Gasteiger partial charge on any atom is -0.371 e. The lowest BCUT2D eigenvalue weighted by Crippen LogP contribution is -2.33. The van der Waals surface area contributed by atoms with E-state index in [0.717, 1.165) is 49.4 Å². The van der Waals surface area contributed by atoms with Crippen LogP contribution in [0.3, 0.4) is 0 Å². The fraction of sp³-hybridized carbons (Fsp3) is 0.588. The number of nitrogens with one attached hydrogen (secondary N) is 2. The number of anilines is 1. The summed E-state index contributed by atoms with van der Waals surface area (Å²) in [6, 6.07) is 6.18. The van der Waals surface area contributed by atoms with Gasteiger partial charge in [-0.2, -0.15) is 0 Å². The van der Waals surface area contributed by atoms with Crippen molar-refractivity contribution in [3.63, 3.8) is 0 Å². The Labute approximate surface area is 127 Å². The summed E-state index contributed by atoms with van der Waals surface area (Å²) in [4.78, 5) is 14.8. The summed E-state index contributed by atoms with van der Waals surface area (Å²) in [5.74, 6) is 0.0406. The monoisotopic (exact) mass is 289 g/mol. The normalized spacial score (nSPS) is 14.5. The van der Waals surface area contributed by atoms with Crippen molar-refractivity contribution in [2.45, 2.75) is 33.1 Å². The summed E-state index contributed by atoms with van der Waals surface area (Å²) in [6.45, 7) is 8.78. The molecular weight excluding hydrogens is 262 g/mol. The highest BCUT2D eigenvalue weighted by Crippen LogP contribution is 2.25. The summed E-state index contributed by atoms with van der Waals surface area (Å²) in [5.41, 5.74) is 3.02. The first-order valence-electron chi connectivity index (χ1n) is 8.07. The third-order valence-corrected chi connectivity index (χ3v) is 3.86. The van der Waals surface area contributed by atoms with Gasteiger partial charge in [0.15, 0.2) is 0 Å². The Kier molecular flexibility index (Phi) is 6.05. The van der Waals surface area contributed by atoms with Crippen LogP contribution < -0.4 is 15.5 Å². The molecule has 2 rings (SSSR count). The number of carbonyl (C=O) groups is 1. The number of hydrogen-bond acceptors (Lipinski definition) is 3. The van der Waals surface area contributed by atoms with Crippen molar-refractivity contribution in [2.24, 2.45) is 0 Å². The number of aryl methyl sites for hydroxylation is 1. The summed E-state index contributed by atoms with van der Waals surface area (Å²) in [7, 11) is 0. The van der Waals surface area contributed by atoms with E-state index in [1.54, 1.807) is 0 Å². The molecule has 1 fully saturated rings. The molecule has 1 saturated heterocycles. The molecule has 1 aromatic carbocycles. The molecule has 0 aliphatic carbocycles. The lowest BCUT2D eigenvalue weighted by molar-refractivity contribution is 0.0954. The number of hydrogen-bond donors (Lipinski definition) is 2. The maximum absolute atomic E-state index is 12.4. The molecule has 0 unspecified atom stereocenters. The third-order valence-electron chi connectivity index (χ3n) is 3.86. The van der Waals surface area contributed by atoms with Crippen molar-refractivity contribution >= 4 is 11.6 Å². The van der Waals surface area contributed by atoms with Crippen LogP contribution in [-0.4, -0.2) is 38.6 Å². The van der Waals surface area contributed by atoms with Gasteiger partial charge in [0.05, 0.1) is 5.56 Å². The maximum Gasteiger partial charge on any atom is 0.253 e. The second-order valence-corrected chi connectivity index (χ2v) is 5.72. The van der Waals surface area contributed by atoms with Crippen molar-refractivity contribution in [1.29, 1.82) is 0 Å². The summed E-state index contributed by atoms with van der Waals surface area (Å²) < 4.78 is 0. The molecule has 1 heterocycles. The predicted octanol–water partition coefficient (Wildman–Crippen LogP) is 2.32. The van der Waals surface area contributed by atoms with E-state index in [1.807, 2.05) is 13.0 Å². The van der Waals surface area contributed by atoms with Gasteiger partial charge >= 0.3 is 0 Å². The molecule has 0 atom stereocenters. The van der Waals surface area contributed by atoms with E-state index in [2.05, 4.69) is 34.6 Å². The van der Waals surface area contributed by atoms with Crippen LogP contribution in [0.5, 0.6) is 0 Å². The SMILES string of the molecule is CCCNCCNC(=O)c1cc(C)ccc1N1CCCC1. The molecule has 4 nitrogen and oxygen atoms in total. The first kappa shape index (κ1) is 15.8. The zero-order valence-electron chi connectivity index (χ0n) is 13.2. The molecular formula is C17H27N3O. The van der Waals surface area contributed by atoms with Gasteiger partial charge in [0.2, 0.25) is 0 Å². The molecule has 0 radical (unpaired) electrons. The first-order valence-corrected chi connectivity index (χ1v) is 8.07. The molecule has 1 aliphatic rings. The number of nitrogens with zero attached hydrogens (tertiary/aromatic N) is 1. The van der Waals surface area contributed by atoms with E-state index >= 15 is 0 Å². The van der Waals surface area contributed by atoms with Crippen LogP contribution >= 0.6 is 0 Å². The Balaban J connectivity index is 1.99. The van der Waals surface area contributed by atoms with E-state index < -0.39 is 0 Å². The van der Waals surface area contributed by atoms with E-state index in [0.29, 0.717) is 6.54 Å². The van der Waals surface area contributed by atoms with Crippen LogP contribution in [-0.2, 0) is 0 Å². The topological polar surface area (TPSA) is 44.4 Å². The second kappa shape index (κ2) is 8.03. The standard InChI is InChI=1S/C17H27N3O/c1-3-8-18-9-10-19-17(21)15-13-14(2)6-7-16(15)20-11-4-5-12-20/h6-7,13,18H,3-5,8-12H2,1-2H3,(H,19,21). The van der Waals surface area contributed by atoms with Gasteiger partial charge in [-0.3, -0.25) is 4.79 Å². The quantitative estimate of drug-likeness (QED) is 0.757. The van der Waals surface area contributed by atoms with Gasteiger partial charge in [0, 0.05) is 31.9 Å². The predicted molar refractivity (Wildman–Crippen MR) is 88.1 cm³/mol. The van der Waals surface area contributed by atoms with E-state index in [-0.39, 0.29) is 5.91 Å². The van der Waals surface area contributed by atoms with Gasteiger partial charge in [0.25, 0.3) is 5.91 Å². The lowest BCUT2D eigenvalue weighted by atomic mass is 10.1. The Hall–Kier alpha value is -1.55. The zero-order chi connectivity index (χ0) is 15.1. The molecule has 1 aromatic rings. The van der Waals surface area contributed by atoms with Crippen LogP contribution in [0.25, 0.3) is 0 Å². The van der Waals surface area contributed by atoms with Gasteiger partial charge in [-0.05, 0) is 44.9 Å². The van der Waals surface area contributed by atoms with Crippen LogP contribution in [0.4, 0.5) is 5.69 Å². The molecule has 0 aromatic heterocycles. The van der Waals surface area contributed by atoms with Crippen LogP contribution in [0.15, 0.2) is 18.2 Å². The minimum atomic E-state index is 0.0406. The second-order valence-electron chi connectivity index (χ2n) is 5.72. The highest BCUT2D eigenvalue weighted by atomic mass is 16.1. The highest BCUT2D eigenvalue weighted by molar-refractivity contribution is 6.00. The van der Waals surface area contributed by atoms with Crippen molar-refractivity contribution < 1.29 is 4.79 Å². The van der Waals surface area contributed by atoms with E-state index in [4.69, 9.17) is 0 Å². The van der Waals surface area contributed by atoms with Crippen molar-refractivity contribution in [1.82, 2.24) is 10.6 Å². The maximum atomic E-state index is 12.4. The Morgan fingerprint density at radius 3 is 2.67 bits per heavy atom. The molecule has 1 aliphatic heterocycles. The Morgan fingerprint density at radius 2 is 1.95 bits per heavy atom. The highest BCUT2D eigenvalue weighted by Gasteiger charge is 2.19. The third kappa shape index (κ3) is 4.46. The molecule has 0 spiro atoms. The van der Waals surface area contributed by atoms with E-state index in [9.17, 15) is 4.79 Å². The molecule has 116 valence electrons. The van der Waals surface area contributed by atoms with Gasteiger partial charge in [-0.25, -0.2) is 0 Å². The van der Waals surface area contributed by atoms with Crippen molar-refractivity contribution in [2.75, 3.05) is 37.6 Å². The molecule has 1 amide bonds. The summed E-state index contributed by atoms with van der Waals surface area (Å²) in [5, 5.41) is 6.32. The van der Waals surface area contributed by atoms with Gasteiger partial charge in [-0.1, -0.05) is 18.6 Å². The summed E-state index contributed by atoms with van der Waals surface area (Å²) in [6.07, 6.45) is 3.55. The molecule has 2 N–H and O–H groups in total. The average molecular weight is 289 g/mol. The molecule has 0 saturated carbocycles. The van der Waals surface area contributed by atoms with Crippen molar-refractivity contribution in [3.05, 3.63) is 29.3 Å². The number of rotatable bonds is 7. The Bertz CT molecular complexity index is 467.